The van der Waals surface area contributed by atoms with Crippen molar-refractivity contribution in [2.24, 2.45) is 4.99 Å². The maximum Gasteiger partial charge on any atom is 0.303 e. The molecule has 176 valence electrons. The molecule has 0 aliphatic heterocycles. The van der Waals surface area contributed by atoms with Crippen LogP contribution in [0, 0.1) is 0 Å². The largest absolute Gasteiger partial charge is 0.481 e. The quantitative estimate of drug-likeness (QED) is 0.0910. The summed E-state index contributed by atoms with van der Waals surface area (Å²) < 4.78 is 0. The minimum absolute atomic E-state index is 0.336. The van der Waals surface area contributed by atoms with Crippen molar-refractivity contribution in [1.82, 2.24) is 0 Å². The van der Waals surface area contributed by atoms with Gasteiger partial charge in [0, 0.05) is 6.42 Å². The molecule has 4 nitrogen and oxygen atoms in total. The lowest BCUT2D eigenvalue weighted by molar-refractivity contribution is -0.137. The summed E-state index contributed by atoms with van der Waals surface area (Å²) in [6.45, 7) is 0.655. The Morgan fingerprint density at radius 3 is 1.03 bits per heavy atom. The first kappa shape index (κ1) is 28.9. The van der Waals surface area contributed by atoms with Crippen molar-refractivity contribution in [3.05, 3.63) is 0 Å². The Kier molecular flexibility index (Phi) is 24.9. The van der Waals surface area contributed by atoms with Crippen molar-refractivity contribution in [3.8, 4) is 0 Å². The number of isocyanates is 1. The maximum atomic E-state index is 10.4. The van der Waals surface area contributed by atoms with Crippen molar-refractivity contribution in [2.45, 2.75) is 148 Å². The Bertz CT molecular complexity index is 381. The molecular weight excluding hydrogens is 374 g/mol. The highest BCUT2D eigenvalue weighted by Crippen LogP contribution is 2.15. The molecule has 0 fully saturated rings. The number of aliphatic carboxylic acids is 1. The van der Waals surface area contributed by atoms with Gasteiger partial charge in [0.15, 0.2) is 0 Å². The molecule has 0 aromatic carbocycles. The van der Waals surface area contributed by atoms with Crippen molar-refractivity contribution in [2.75, 3.05) is 6.54 Å². The highest BCUT2D eigenvalue weighted by molar-refractivity contribution is 5.66. The van der Waals surface area contributed by atoms with Gasteiger partial charge in [-0.3, -0.25) is 4.79 Å². The highest BCUT2D eigenvalue weighted by atomic mass is 16.4. The molecule has 4 heteroatoms. The summed E-state index contributed by atoms with van der Waals surface area (Å²) in [5.41, 5.74) is 0. The number of nitrogens with zero attached hydrogens (tertiary/aromatic N) is 1. The number of hydrogen-bond donors (Lipinski definition) is 1. The van der Waals surface area contributed by atoms with Crippen LogP contribution < -0.4 is 0 Å². The molecule has 0 aromatic rings. The van der Waals surface area contributed by atoms with E-state index in [4.69, 9.17) is 5.11 Å². The van der Waals surface area contributed by atoms with E-state index >= 15 is 0 Å². The summed E-state index contributed by atoms with van der Waals surface area (Å²) >= 11 is 0. The maximum absolute atomic E-state index is 10.4. The SMILES string of the molecule is O=C=NCCCCCCCCCCCCCCCCCCCCCCCCC(=O)O. The van der Waals surface area contributed by atoms with Gasteiger partial charge in [-0.15, -0.1) is 0 Å². The van der Waals surface area contributed by atoms with Crippen LogP contribution in [0.3, 0.4) is 0 Å². The van der Waals surface area contributed by atoms with Gasteiger partial charge in [0.25, 0.3) is 0 Å². The number of aliphatic imine (C=N–C) groups is 1. The third kappa shape index (κ3) is 26.9. The van der Waals surface area contributed by atoms with Gasteiger partial charge in [0.2, 0.25) is 6.08 Å². The molecule has 0 saturated heterocycles. The summed E-state index contributed by atoms with van der Waals surface area (Å²) in [5.74, 6) is -0.659. The Hall–Kier alpha value is -1.15. The van der Waals surface area contributed by atoms with E-state index in [9.17, 15) is 9.59 Å². The summed E-state index contributed by atoms with van der Waals surface area (Å²) in [5, 5.41) is 8.59. The van der Waals surface area contributed by atoms with Crippen molar-refractivity contribution < 1.29 is 14.7 Å². The third-order valence-corrected chi connectivity index (χ3v) is 5.98. The van der Waals surface area contributed by atoms with Crippen LogP contribution >= 0.6 is 0 Å². The summed E-state index contributed by atoms with van der Waals surface area (Å²) in [6.07, 6.45) is 30.6. The lowest BCUT2D eigenvalue weighted by Crippen LogP contribution is -1.93. The molecule has 0 spiro atoms. The van der Waals surface area contributed by atoms with Gasteiger partial charge in [-0.2, -0.15) is 0 Å². The van der Waals surface area contributed by atoms with Gasteiger partial charge in [0.1, 0.15) is 0 Å². The minimum Gasteiger partial charge on any atom is -0.481 e. The number of hydrogen-bond acceptors (Lipinski definition) is 3. The molecule has 30 heavy (non-hydrogen) atoms. The molecule has 0 atom stereocenters. The molecular formula is C26H49NO3. The molecule has 0 aliphatic carbocycles. The van der Waals surface area contributed by atoms with E-state index in [2.05, 4.69) is 4.99 Å². The average molecular weight is 424 g/mol. The van der Waals surface area contributed by atoms with Gasteiger partial charge in [-0.05, 0) is 12.8 Å². The second-order valence-electron chi connectivity index (χ2n) is 8.89. The summed E-state index contributed by atoms with van der Waals surface area (Å²) in [4.78, 5) is 23.9. The number of carbonyl (C=O) groups is 1. The minimum atomic E-state index is -0.659. The van der Waals surface area contributed by atoms with Crippen LogP contribution in [0.25, 0.3) is 0 Å². The fourth-order valence-electron chi connectivity index (χ4n) is 4.05. The first-order chi connectivity index (χ1) is 14.8. The standard InChI is InChI=1S/C26H49NO3/c28-25-27-24-22-20-18-16-14-12-10-8-6-4-2-1-3-5-7-9-11-13-15-17-19-21-23-26(29)30/h1-24H2,(H,29,30). The Morgan fingerprint density at radius 2 is 0.767 bits per heavy atom. The van der Waals surface area contributed by atoms with E-state index in [-0.39, 0.29) is 0 Å². The highest BCUT2D eigenvalue weighted by Gasteiger charge is 1.97. The Morgan fingerprint density at radius 1 is 0.500 bits per heavy atom. The number of carbonyl (C=O) groups excluding carboxylic acids is 1. The summed E-state index contributed by atoms with van der Waals surface area (Å²) in [6, 6.07) is 0. The zero-order valence-electron chi connectivity index (χ0n) is 19.7. The van der Waals surface area contributed by atoms with Crippen LogP contribution in [0.15, 0.2) is 4.99 Å². The third-order valence-electron chi connectivity index (χ3n) is 5.98. The van der Waals surface area contributed by atoms with E-state index < -0.39 is 5.97 Å². The van der Waals surface area contributed by atoms with Crippen molar-refractivity contribution >= 4 is 12.0 Å². The first-order valence-electron chi connectivity index (χ1n) is 13.0. The number of rotatable bonds is 25. The second-order valence-corrected chi connectivity index (χ2v) is 8.89. The normalized spacial score (nSPS) is 10.8. The molecule has 1 N–H and O–H groups in total. The number of unbranched alkanes of at least 4 members (excludes halogenated alkanes) is 21. The van der Waals surface area contributed by atoms with E-state index in [1.807, 2.05) is 0 Å². The van der Waals surface area contributed by atoms with Crippen LogP contribution in [-0.4, -0.2) is 23.7 Å². The second kappa shape index (κ2) is 25.9. The predicted molar refractivity (Wildman–Crippen MR) is 127 cm³/mol. The molecule has 0 unspecified atom stereocenters. The van der Waals surface area contributed by atoms with Crippen molar-refractivity contribution in [3.63, 3.8) is 0 Å². The number of carboxylic acid groups (broad SMARTS) is 1. The molecule has 0 rings (SSSR count). The molecule has 0 heterocycles. The molecule has 0 bridgehead atoms. The lowest BCUT2D eigenvalue weighted by Gasteiger charge is -2.04. The molecule has 0 aliphatic rings. The van der Waals surface area contributed by atoms with Gasteiger partial charge in [-0.25, -0.2) is 9.79 Å². The van der Waals surface area contributed by atoms with Crippen molar-refractivity contribution in [1.29, 1.82) is 0 Å². The summed E-state index contributed by atoms with van der Waals surface area (Å²) in [7, 11) is 0. The van der Waals surface area contributed by atoms with Gasteiger partial charge in [0.05, 0.1) is 6.54 Å². The lowest BCUT2D eigenvalue weighted by atomic mass is 10.0. The fourth-order valence-corrected chi connectivity index (χ4v) is 4.05. The van der Waals surface area contributed by atoms with Gasteiger partial charge < -0.3 is 5.11 Å². The van der Waals surface area contributed by atoms with Crippen LogP contribution in [0.5, 0.6) is 0 Å². The van der Waals surface area contributed by atoms with Crippen LogP contribution in [0.2, 0.25) is 0 Å². The van der Waals surface area contributed by atoms with E-state index in [0.29, 0.717) is 13.0 Å². The monoisotopic (exact) mass is 423 g/mol. The zero-order valence-corrected chi connectivity index (χ0v) is 19.7. The van der Waals surface area contributed by atoms with Crippen LogP contribution in [-0.2, 0) is 9.59 Å². The Labute approximate surface area is 186 Å². The molecule has 0 aromatic heterocycles. The predicted octanol–water partition coefficient (Wildman–Crippen LogP) is 8.38. The van der Waals surface area contributed by atoms with E-state index in [1.54, 1.807) is 6.08 Å². The smallest absolute Gasteiger partial charge is 0.303 e. The fraction of sp³-hybridized carbons (Fsp3) is 0.923. The Balaban J connectivity index is 3.02. The molecule has 0 radical (unpaired) electrons. The zero-order chi connectivity index (χ0) is 22.0. The molecule has 0 amide bonds. The van der Waals surface area contributed by atoms with Crippen LogP contribution in [0.1, 0.15) is 148 Å². The average Bonchev–Trinajstić information content (AvgIpc) is 2.73. The molecule has 0 saturated carbocycles. The first-order valence-corrected chi connectivity index (χ1v) is 13.0. The topological polar surface area (TPSA) is 66.7 Å². The van der Waals surface area contributed by atoms with Gasteiger partial charge in [-0.1, -0.05) is 128 Å². The van der Waals surface area contributed by atoms with Crippen LogP contribution in [0.4, 0.5) is 0 Å². The van der Waals surface area contributed by atoms with E-state index in [0.717, 1.165) is 19.3 Å². The number of carboxylic acids is 1. The van der Waals surface area contributed by atoms with E-state index in [1.165, 1.54) is 122 Å². The van der Waals surface area contributed by atoms with Gasteiger partial charge >= 0.3 is 5.97 Å².